The Kier molecular flexibility index (Phi) is 10.5. The van der Waals surface area contributed by atoms with Crippen molar-refractivity contribution in [3.05, 3.63) is 0 Å². The molecule has 3 heteroatoms. The maximum atomic E-state index is 5.29. The van der Waals surface area contributed by atoms with Crippen LogP contribution in [0.25, 0.3) is 0 Å². The average Bonchev–Trinajstić information content (AvgIpc) is 2.03. The number of ether oxygens (including phenoxy) is 2. The second-order valence-electron chi connectivity index (χ2n) is 2.36. The predicted octanol–water partition coefficient (Wildman–Crippen LogP) is 2.10. The maximum Gasteiger partial charge on any atom is 0.0892 e. The zero-order valence-corrected chi connectivity index (χ0v) is 8.11. The fourth-order valence-corrected chi connectivity index (χ4v) is 0.848. The Morgan fingerprint density at radius 3 is 2.18 bits per heavy atom. The summed E-state index contributed by atoms with van der Waals surface area (Å²) in [5, 5.41) is 0. The molecule has 0 aliphatic carbocycles. The van der Waals surface area contributed by atoms with E-state index in [1.54, 1.807) is 0 Å². The van der Waals surface area contributed by atoms with Crippen molar-refractivity contribution >= 4 is 12.6 Å². The van der Waals surface area contributed by atoms with Gasteiger partial charge in [0.1, 0.15) is 0 Å². The molecule has 0 aliphatic heterocycles. The van der Waals surface area contributed by atoms with Gasteiger partial charge in [0.05, 0.1) is 5.94 Å². The van der Waals surface area contributed by atoms with Crippen molar-refractivity contribution in [1.29, 1.82) is 0 Å². The molecule has 0 aromatic carbocycles. The summed E-state index contributed by atoms with van der Waals surface area (Å²) in [4.78, 5) is 0. The quantitative estimate of drug-likeness (QED) is 0.348. The molecule has 68 valence electrons. The lowest BCUT2D eigenvalue weighted by molar-refractivity contribution is 0.117. The smallest absolute Gasteiger partial charge is 0.0892 e. The molecule has 0 unspecified atom stereocenters. The minimum Gasteiger partial charge on any atom is -0.381 e. The minimum atomic E-state index is 0.524. The third-order valence-corrected chi connectivity index (χ3v) is 1.45. The summed E-state index contributed by atoms with van der Waals surface area (Å²) in [5.74, 6) is 0.524. The second-order valence-corrected chi connectivity index (χ2v) is 2.62. The molecule has 2 nitrogen and oxygen atoms in total. The molecule has 0 amide bonds. The van der Waals surface area contributed by atoms with Crippen LogP contribution in [0.15, 0.2) is 0 Å². The van der Waals surface area contributed by atoms with Gasteiger partial charge in [-0.15, -0.1) is 0 Å². The normalized spacial score (nSPS) is 10.4. The maximum absolute atomic E-state index is 5.29. The minimum absolute atomic E-state index is 0.524. The first-order valence-corrected chi connectivity index (χ1v) is 4.81. The van der Waals surface area contributed by atoms with Crippen molar-refractivity contribution in [2.24, 2.45) is 0 Å². The van der Waals surface area contributed by atoms with Crippen LogP contribution >= 0.6 is 12.6 Å². The number of hydrogen-bond donors (Lipinski definition) is 1. The topological polar surface area (TPSA) is 18.5 Å². The van der Waals surface area contributed by atoms with Gasteiger partial charge in [0, 0.05) is 19.8 Å². The van der Waals surface area contributed by atoms with Crippen LogP contribution in [0, 0.1) is 0 Å². The molecule has 0 aromatic rings. The van der Waals surface area contributed by atoms with E-state index in [1.165, 1.54) is 0 Å². The van der Waals surface area contributed by atoms with E-state index in [0.717, 1.165) is 39.1 Å². The highest BCUT2D eigenvalue weighted by molar-refractivity contribution is 7.80. The SMILES string of the molecule is CCCOCCCCOCS. The highest BCUT2D eigenvalue weighted by Crippen LogP contribution is 1.92. The lowest BCUT2D eigenvalue weighted by atomic mass is 10.3. The van der Waals surface area contributed by atoms with Gasteiger partial charge in [-0.2, -0.15) is 12.6 Å². The third kappa shape index (κ3) is 10.3. The molecule has 0 fully saturated rings. The van der Waals surface area contributed by atoms with Crippen molar-refractivity contribution in [3.63, 3.8) is 0 Å². The zero-order chi connectivity index (χ0) is 8.36. The van der Waals surface area contributed by atoms with Gasteiger partial charge in [0.25, 0.3) is 0 Å². The molecule has 0 rings (SSSR count). The van der Waals surface area contributed by atoms with E-state index < -0.39 is 0 Å². The van der Waals surface area contributed by atoms with Crippen molar-refractivity contribution in [2.45, 2.75) is 26.2 Å². The Labute approximate surface area is 74.7 Å². The Morgan fingerprint density at radius 2 is 1.64 bits per heavy atom. The highest BCUT2D eigenvalue weighted by Gasteiger charge is 1.88. The van der Waals surface area contributed by atoms with E-state index in [0.29, 0.717) is 5.94 Å². The fraction of sp³-hybridized carbons (Fsp3) is 1.00. The largest absolute Gasteiger partial charge is 0.381 e. The molecule has 0 bridgehead atoms. The van der Waals surface area contributed by atoms with E-state index in [1.807, 2.05) is 0 Å². The molecular formula is C8H18O2S. The van der Waals surface area contributed by atoms with Gasteiger partial charge in [-0.05, 0) is 19.3 Å². The summed E-state index contributed by atoms with van der Waals surface area (Å²) in [6, 6.07) is 0. The Hall–Kier alpha value is 0.270. The fourth-order valence-electron chi connectivity index (χ4n) is 0.719. The van der Waals surface area contributed by atoms with Crippen molar-refractivity contribution in [3.8, 4) is 0 Å². The first-order chi connectivity index (χ1) is 5.41. The summed E-state index contributed by atoms with van der Waals surface area (Å²) in [5.41, 5.74) is 0. The van der Waals surface area contributed by atoms with Crippen LogP contribution < -0.4 is 0 Å². The van der Waals surface area contributed by atoms with Gasteiger partial charge in [-0.25, -0.2) is 0 Å². The monoisotopic (exact) mass is 178 g/mol. The first-order valence-electron chi connectivity index (χ1n) is 4.18. The van der Waals surface area contributed by atoms with Crippen LogP contribution in [0.1, 0.15) is 26.2 Å². The second kappa shape index (κ2) is 10.3. The molecule has 0 saturated carbocycles. The lowest BCUT2D eigenvalue weighted by Crippen LogP contribution is -1.98. The van der Waals surface area contributed by atoms with Gasteiger partial charge in [0.15, 0.2) is 0 Å². The highest BCUT2D eigenvalue weighted by atomic mass is 32.1. The number of thiol groups is 1. The standard InChI is InChI=1S/C8H18O2S/c1-2-5-9-6-3-4-7-10-8-11/h11H,2-8H2,1H3. The van der Waals surface area contributed by atoms with Crippen molar-refractivity contribution in [1.82, 2.24) is 0 Å². The number of rotatable bonds is 8. The van der Waals surface area contributed by atoms with E-state index in [-0.39, 0.29) is 0 Å². The van der Waals surface area contributed by atoms with Crippen LogP contribution in [-0.4, -0.2) is 25.8 Å². The molecular weight excluding hydrogens is 160 g/mol. The number of unbranched alkanes of at least 4 members (excludes halogenated alkanes) is 1. The zero-order valence-electron chi connectivity index (χ0n) is 7.21. The molecule has 11 heavy (non-hydrogen) atoms. The molecule has 0 heterocycles. The van der Waals surface area contributed by atoms with Crippen LogP contribution in [0.4, 0.5) is 0 Å². The Bertz CT molecular complexity index is 61.1. The van der Waals surface area contributed by atoms with Gasteiger partial charge in [0.2, 0.25) is 0 Å². The first kappa shape index (κ1) is 11.3. The Balaban J connectivity index is 2.69. The van der Waals surface area contributed by atoms with E-state index in [2.05, 4.69) is 19.6 Å². The van der Waals surface area contributed by atoms with Gasteiger partial charge in [-0.3, -0.25) is 0 Å². The summed E-state index contributed by atoms with van der Waals surface area (Å²) >= 11 is 3.93. The average molecular weight is 178 g/mol. The van der Waals surface area contributed by atoms with E-state index >= 15 is 0 Å². The van der Waals surface area contributed by atoms with Crippen LogP contribution in [0.3, 0.4) is 0 Å². The summed E-state index contributed by atoms with van der Waals surface area (Å²) in [6.45, 7) is 4.67. The summed E-state index contributed by atoms with van der Waals surface area (Å²) in [6.07, 6.45) is 3.27. The lowest BCUT2D eigenvalue weighted by Gasteiger charge is -2.01. The molecule has 0 N–H and O–H groups in total. The van der Waals surface area contributed by atoms with Crippen LogP contribution in [0.5, 0.6) is 0 Å². The number of hydrogen-bond acceptors (Lipinski definition) is 3. The van der Waals surface area contributed by atoms with Crippen molar-refractivity contribution in [2.75, 3.05) is 25.8 Å². The molecule has 0 aliphatic rings. The van der Waals surface area contributed by atoms with Gasteiger partial charge in [-0.1, -0.05) is 6.92 Å². The predicted molar refractivity (Wildman–Crippen MR) is 50.1 cm³/mol. The Morgan fingerprint density at radius 1 is 1.00 bits per heavy atom. The summed E-state index contributed by atoms with van der Waals surface area (Å²) < 4.78 is 10.3. The van der Waals surface area contributed by atoms with Gasteiger partial charge >= 0.3 is 0 Å². The van der Waals surface area contributed by atoms with Gasteiger partial charge < -0.3 is 9.47 Å². The molecule has 0 saturated heterocycles. The van der Waals surface area contributed by atoms with Crippen LogP contribution in [0.2, 0.25) is 0 Å². The van der Waals surface area contributed by atoms with E-state index in [4.69, 9.17) is 9.47 Å². The molecule has 0 aromatic heterocycles. The summed E-state index contributed by atoms with van der Waals surface area (Å²) in [7, 11) is 0. The third-order valence-electron chi connectivity index (χ3n) is 1.27. The van der Waals surface area contributed by atoms with Crippen molar-refractivity contribution < 1.29 is 9.47 Å². The molecule has 0 spiro atoms. The molecule has 0 atom stereocenters. The van der Waals surface area contributed by atoms with Crippen LogP contribution in [-0.2, 0) is 9.47 Å². The molecule has 0 radical (unpaired) electrons. The van der Waals surface area contributed by atoms with E-state index in [9.17, 15) is 0 Å².